The smallest absolute Gasteiger partial charge is 0.228 e. The molecule has 112 valence electrons. The number of halogens is 1. The number of nitrogens with zero attached hydrogens (tertiary/aromatic N) is 2. The van der Waals surface area contributed by atoms with Crippen molar-refractivity contribution in [3.63, 3.8) is 0 Å². The summed E-state index contributed by atoms with van der Waals surface area (Å²) in [4.78, 5) is 16.4. The van der Waals surface area contributed by atoms with Gasteiger partial charge in [-0.25, -0.2) is 4.39 Å². The molecule has 0 fully saturated rings. The first-order valence-corrected chi connectivity index (χ1v) is 6.68. The van der Waals surface area contributed by atoms with Gasteiger partial charge in [0.1, 0.15) is 5.82 Å². The van der Waals surface area contributed by atoms with E-state index in [4.69, 9.17) is 4.52 Å². The maximum absolute atomic E-state index is 13.7. The molecule has 5 nitrogen and oxygen atoms in total. The summed E-state index contributed by atoms with van der Waals surface area (Å²) in [6.45, 7) is 6.87. The molecule has 0 bridgehead atoms. The molecule has 1 atom stereocenters. The van der Waals surface area contributed by atoms with Gasteiger partial charge in [0, 0.05) is 6.92 Å². The summed E-state index contributed by atoms with van der Waals surface area (Å²) in [6.07, 6.45) is 0. The lowest BCUT2D eigenvalue weighted by atomic mass is 9.97. The molecular formula is C15H18FN3O2. The van der Waals surface area contributed by atoms with E-state index >= 15 is 0 Å². The predicted molar refractivity (Wildman–Crippen MR) is 75.0 cm³/mol. The SMILES string of the molecule is Cc1nc(C(C)(C)NC(=O)C(C)c2ccccc2F)no1. The van der Waals surface area contributed by atoms with E-state index in [-0.39, 0.29) is 5.91 Å². The highest BCUT2D eigenvalue weighted by Gasteiger charge is 2.30. The van der Waals surface area contributed by atoms with E-state index in [9.17, 15) is 9.18 Å². The van der Waals surface area contributed by atoms with E-state index < -0.39 is 17.3 Å². The molecule has 2 aromatic rings. The van der Waals surface area contributed by atoms with Crippen LogP contribution in [0.3, 0.4) is 0 Å². The van der Waals surface area contributed by atoms with E-state index in [0.29, 0.717) is 17.3 Å². The standard InChI is InChI=1S/C15H18FN3O2/c1-9(11-7-5-6-8-12(11)16)13(20)18-15(3,4)14-17-10(2)21-19-14/h5-9H,1-4H3,(H,18,20). The number of hydrogen-bond acceptors (Lipinski definition) is 4. The van der Waals surface area contributed by atoms with Gasteiger partial charge in [0.25, 0.3) is 0 Å². The van der Waals surface area contributed by atoms with Crippen LogP contribution in [0.5, 0.6) is 0 Å². The summed E-state index contributed by atoms with van der Waals surface area (Å²) in [7, 11) is 0. The maximum Gasteiger partial charge on any atom is 0.228 e. The van der Waals surface area contributed by atoms with Crippen molar-refractivity contribution in [2.45, 2.75) is 39.2 Å². The third kappa shape index (κ3) is 3.26. The number of carbonyl (C=O) groups is 1. The monoisotopic (exact) mass is 291 g/mol. The fourth-order valence-electron chi connectivity index (χ4n) is 1.99. The van der Waals surface area contributed by atoms with E-state index in [0.717, 1.165) is 0 Å². The number of rotatable bonds is 4. The first-order chi connectivity index (χ1) is 9.81. The van der Waals surface area contributed by atoms with Crippen molar-refractivity contribution < 1.29 is 13.7 Å². The number of carbonyl (C=O) groups excluding carboxylic acids is 1. The van der Waals surface area contributed by atoms with Crippen LogP contribution in [0, 0.1) is 12.7 Å². The van der Waals surface area contributed by atoms with Crippen molar-refractivity contribution in [3.05, 3.63) is 47.4 Å². The van der Waals surface area contributed by atoms with Gasteiger partial charge in [0.05, 0.1) is 11.5 Å². The van der Waals surface area contributed by atoms with Gasteiger partial charge >= 0.3 is 0 Å². The van der Waals surface area contributed by atoms with Gasteiger partial charge in [-0.15, -0.1) is 0 Å². The topological polar surface area (TPSA) is 68.0 Å². The first kappa shape index (κ1) is 15.2. The zero-order valence-electron chi connectivity index (χ0n) is 12.5. The van der Waals surface area contributed by atoms with Crippen molar-refractivity contribution in [1.82, 2.24) is 15.5 Å². The van der Waals surface area contributed by atoms with Gasteiger partial charge in [-0.1, -0.05) is 23.4 Å². The van der Waals surface area contributed by atoms with Crippen LogP contribution in [-0.4, -0.2) is 16.0 Å². The highest BCUT2D eigenvalue weighted by atomic mass is 19.1. The third-order valence-corrected chi connectivity index (χ3v) is 3.29. The molecule has 1 aromatic heterocycles. The lowest BCUT2D eigenvalue weighted by Crippen LogP contribution is -2.43. The molecule has 21 heavy (non-hydrogen) atoms. The molecule has 1 heterocycles. The molecule has 1 N–H and O–H groups in total. The Morgan fingerprint density at radius 2 is 2.05 bits per heavy atom. The molecule has 0 aliphatic carbocycles. The largest absolute Gasteiger partial charge is 0.343 e. The Kier molecular flexibility index (Phi) is 4.06. The minimum atomic E-state index is -0.797. The van der Waals surface area contributed by atoms with Crippen LogP contribution in [0.15, 0.2) is 28.8 Å². The molecule has 0 aliphatic rings. The zero-order valence-corrected chi connectivity index (χ0v) is 12.5. The fraction of sp³-hybridized carbons (Fsp3) is 0.400. The van der Waals surface area contributed by atoms with Gasteiger partial charge in [-0.3, -0.25) is 4.79 Å². The van der Waals surface area contributed by atoms with Gasteiger partial charge < -0.3 is 9.84 Å². The van der Waals surface area contributed by atoms with Crippen molar-refractivity contribution in [1.29, 1.82) is 0 Å². The first-order valence-electron chi connectivity index (χ1n) is 6.68. The van der Waals surface area contributed by atoms with Crippen molar-refractivity contribution in [3.8, 4) is 0 Å². The normalized spacial score (nSPS) is 13.0. The minimum Gasteiger partial charge on any atom is -0.343 e. The Labute approximate surface area is 122 Å². The lowest BCUT2D eigenvalue weighted by molar-refractivity contribution is -0.124. The highest BCUT2D eigenvalue weighted by Crippen LogP contribution is 2.22. The molecule has 0 saturated carbocycles. The number of aromatic nitrogens is 2. The molecule has 6 heteroatoms. The van der Waals surface area contributed by atoms with E-state index in [1.807, 2.05) is 0 Å². The predicted octanol–water partition coefficient (Wildman–Crippen LogP) is 2.67. The highest BCUT2D eigenvalue weighted by molar-refractivity contribution is 5.83. The van der Waals surface area contributed by atoms with Crippen molar-refractivity contribution >= 4 is 5.91 Å². The summed E-state index contributed by atoms with van der Waals surface area (Å²) in [5.74, 6) is -0.497. The molecule has 1 unspecified atom stereocenters. The fourth-order valence-corrected chi connectivity index (χ4v) is 1.99. The molecule has 1 amide bonds. The van der Waals surface area contributed by atoms with Gasteiger partial charge in [0.15, 0.2) is 5.82 Å². The van der Waals surface area contributed by atoms with Crippen LogP contribution in [0.2, 0.25) is 0 Å². The van der Waals surface area contributed by atoms with Gasteiger partial charge in [-0.2, -0.15) is 4.98 Å². The number of amides is 1. The number of nitrogens with one attached hydrogen (secondary N) is 1. The molecule has 2 rings (SSSR count). The number of aryl methyl sites for hydroxylation is 1. The van der Waals surface area contributed by atoms with Crippen LogP contribution in [0.4, 0.5) is 4.39 Å². The second-order valence-corrected chi connectivity index (χ2v) is 5.49. The van der Waals surface area contributed by atoms with Gasteiger partial charge in [-0.05, 0) is 32.4 Å². The summed E-state index contributed by atoms with van der Waals surface area (Å²) in [6, 6.07) is 6.24. The Balaban J connectivity index is 2.16. The van der Waals surface area contributed by atoms with Crippen LogP contribution in [0.1, 0.15) is 44.0 Å². The number of benzene rings is 1. The molecule has 1 aromatic carbocycles. The van der Waals surface area contributed by atoms with E-state index in [1.165, 1.54) is 6.07 Å². The molecule has 0 saturated heterocycles. The zero-order chi connectivity index (χ0) is 15.6. The Hall–Kier alpha value is -2.24. The second kappa shape index (κ2) is 5.63. The van der Waals surface area contributed by atoms with Crippen LogP contribution < -0.4 is 5.32 Å². The Morgan fingerprint density at radius 1 is 1.38 bits per heavy atom. The second-order valence-electron chi connectivity index (χ2n) is 5.49. The number of hydrogen-bond donors (Lipinski definition) is 1. The molecule has 0 aliphatic heterocycles. The van der Waals surface area contributed by atoms with Crippen LogP contribution in [-0.2, 0) is 10.3 Å². The average molecular weight is 291 g/mol. The lowest BCUT2D eigenvalue weighted by Gasteiger charge is -2.24. The van der Waals surface area contributed by atoms with E-state index in [2.05, 4.69) is 15.5 Å². The Bertz CT molecular complexity index is 652. The van der Waals surface area contributed by atoms with E-state index in [1.54, 1.807) is 45.9 Å². The maximum atomic E-state index is 13.7. The van der Waals surface area contributed by atoms with Crippen LogP contribution in [0.25, 0.3) is 0 Å². The minimum absolute atomic E-state index is 0.299. The summed E-state index contributed by atoms with van der Waals surface area (Å²) in [5, 5.41) is 6.64. The van der Waals surface area contributed by atoms with Crippen molar-refractivity contribution in [2.24, 2.45) is 0 Å². The quantitative estimate of drug-likeness (QED) is 0.940. The molecular weight excluding hydrogens is 273 g/mol. The Morgan fingerprint density at radius 3 is 2.62 bits per heavy atom. The molecule has 0 radical (unpaired) electrons. The average Bonchev–Trinajstić information content (AvgIpc) is 2.85. The third-order valence-electron chi connectivity index (χ3n) is 3.29. The summed E-state index contributed by atoms with van der Waals surface area (Å²) in [5.41, 5.74) is -0.441. The van der Waals surface area contributed by atoms with Crippen LogP contribution >= 0.6 is 0 Å². The molecule has 0 spiro atoms. The van der Waals surface area contributed by atoms with Gasteiger partial charge in [0.2, 0.25) is 11.8 Å². The van der Waals surface area contributed by atoms with Crippen molar-refractivity contribution in [2.75, 3.05) is 0 Å². The summed E-state index contributed by atoms with van der Waals surface area (Å²) < 4.78 is 18.7. The summed E-state index contributed by atoms with van der Waals surface area (Å²) >= 11 is 0.